The quantitative estimate of drug-likeness (QED) is 0.630. The molecule has 1 rings (SSSR count). The summed E-state index contributed by atoms with van der Waals surface area (Å²) in [5, 5.41) is 8.89. The third-order valence-electron chi connectivity index (χ3n) is 1.86. The van der Waals surface area contributed by atoms with Gasteiger partial charge in [-0.15, -0.1) is 0 Å². The van der Waals surface area contributed by atoms with Gasteiger partial charge in [0, 0.05) is 10.0 Å². The molecule has 0 bridgehead atoms. The van der Waals surface area contributed by atoms with Crippen molar-refractivity contribution in [2.24, 2.45) is 0 Å². The van der Waals surface area contributed by atoms with Crippen molar-refractivity contribution >= 4 is 28.2 Å². The fourth-order valence-corrected chi connectivity index (χ4v) is 1.72. The Morgan fingerprint density at radius 2 is 2.31 bits per heavy atom. The van der Waals surface area contributed by atoms with Gasteiger partial charge in [0.1, 0.15) is 6.07 Å². The Labute approximate surface area is 101 Å². The van der Waals surface area contributed by atoms with E-state index in [1.807, 2.05) is 6.07 Å². The number of halogens is 1. The lowest BCUT2D eigenvalue weighted by molar-refractivity contribution is 0.0524. The molecule has 0 radical (unpaired) electrons. The molecule has 0 aliphatic carbocycles. The first-order valence-corrected chi connectivity index (χ1v) is 5.29. The van der Waals surface area contributed by atoms with Crippen LogP contribution in [0.4, 0.5) is 0 Å². The molecule has 5 heteroatoms. The smallest absolute Gasteiger partial charge is 0.340 e. The van der Waals surface area contributed by atoms with Crippen LogP contribution < -0.4 is 0 Å². The summed E-state index contributed by atoms with van der Waals surface area (Å²) in [6, 6.07) is 4.80. The highest BCUT2D eigenvalue weighted by Crippen LogP contribution is 2.21. The molecule has 0 aliphatic rings. The van der Waals surface area contributed by atoms with Gasteiger partial charge in [0.05, 0.1) is 17.7 Å². The molecule has 1 aromatic rings. The number of benzene rings is 1. The first-order valence-electron chi connectivity index (χ1n) is 4.50. The maximum atomic E-state index is 11.6. The first-order chi connectivity index (χ1) is 7.63. The maximum absolute atomic E-state index is 11.6. The van der Waals surface area contributed by atoms with Crippen LogP contribution in [0.5, 0.6) is 0 Å². The van der Waals surface area contributed by atoms with Crippen molar-refractivity contribution in [1.82, 2.24) is 0 Å². The number of aldehydes is 1. The largest absolute Gasteiger partial charge is 0.462 e. The molecular formula is C11H8BrNO3. The molecule has 0 aliphatic heterocycles. The second kappa shape index (κ2) is 5.42. The topological polar surface area (TPSA) is 67.2 Å². The van der Waals surface area contributed by atoms with Crippen molar-refractivity contribution in [3.05, 3.63) is 33.3 Å². The Bertz CT molecular complexity index is 477. The van der Waals surface area contributed by atoms with Crippen LogP contribution >= 0.6 is 15.9 Å². The minimum absolute atomic E-state index is 0.0163. The van der Waals surface area contributed by atoms with E-state index in [4.69, 9.17) is 10.00 Å². The molecule has 0 saturated carbocycles. The van der Waals surface area contributed by atoms with E-state index in [-0.39, 0.29) is 23.3 Å². The van der Waals surface area contributed by atoms with Crippen molar-refractivity contribution in [3.8, 4) is 6.07 Å². The van der Waals surface area contributed by atoms with Gasteiger partial charge >= 0.3 is 5.97 Å². The Hall–Kier alpha value is -1.67. The Balaban J connectivity index is 3.40. The number of hydrogen-bond donors (Lipinski definition) is 0. The molecular weight excluding hydrogens is 274 g/mol. The molecule has 16 heavy (non-hydrogen) atoms. The van der Waals surface area contributed by atoms with E-state index >= 15 is 0 Å². The number of carbonyl (C=O) groups is 2. The standard InChI is InChI=1S/C11H8BrNO3/c1-2-16-11(15)10-7(5-13)3-9(12)4-8(10)6-14/h3-4,6H,2H2,1H3. The van der Waals surface area contributed by atoms with Crippen molar-refractivity contribution in [2.45, 2.75) is 6.92 Å². The minimum Gasteiger partial charge on any atom is -0.462 e. The lowest BCUT2D eigenvalue weighted by Gasteiger charge is -2.06. The number of esters is 1. The summed E-state index contributed by atoms with van der Waals surface area (Å²) in [6.45, 7) is 1.85. The molecule has 0 saturated heterocycles. The highest BCUT2D eigenvalue weighted by atomic mass is 79.9. The molecule has 0 amide bonds. The van der Waals surface area contributed by atoms with Crippen LogP contribution in [-0.2, 0) is 4.74 Å². The molecule has 0 unspecified atom stereocenters. The number of rotatable bonds is 3. The van der Waals surface area contributed by atoms with Crippen LogP contribution in [0, 0.1) is 11.3 Å². The lowest BCUT2D eigenvalue weighted by atomic mass is 10.0. The predicted octanol–water partition coefficient (Wildman–Crippen LogP) is 2.31. The minimum atomic E-state index is -0.659. The Morgan fingerprint density at radius 3 is 2.81 bits per heavy atom. The van der Waals surface area contributed by atoms with Gasteiger partial charge in [0.15, 0.2) is 6.29 Å². The van der Waals surface area contributed by atoms with E-state index in [1.165, 1.54) is 12.1 Å². The van der Waals surface area contributed by atoms with E-state index in [9.17, 15) is 9.59 Å². The van der Waals surface area contributed by atoms with Gasteiger partial charge < -0.3 is 4.74 Å². The van der Waals surface area contributed by atoms with Gasteiger partial charge in [0.2, 0.25) is 0 Å². The number of hydrogen-bond acceptors (Lipinski definition) is 4. The van der Waals surface area contributed by atoms with Gasteiger partial charge in [0.25, 0.3) is 0 Å². The fourth-order valence-electron chi connectivity index (χ4n) is 1.24. The highest BCUT2D eigenvalue weighted by Gasteiger charge is 2.18. The summed E-state index contributed by atoms with van der Waals surface area (Å²) in [5.41, 5.74) is 0.279. The third-order valence-corrected chi connectivity index (χ3v) is 2.32. The van der Waals surface area contributed by atoms with Crippen LogP contribution in [0.25, 0.3) is 0 Å². The number of nitriles is 1. The van der Waals surface area contributed by atoms with Crippen LogP contribution in [0.1, 0.15) is 33.2 Å². The SMILES string of the molecule is CCOC(=O)c1c(C#N)cc(Br)cc1C=O. The molecule has 0 spiro atoms. The maximum Gasteiger partial charge on any atom is 0.340 e. The van der Waals surface area contributed by atoms with E-state index in [0.717, 1.165) is 0 Å². The summed E-state index contributed by atoms with van der Waals surface area (Å²) in [5.74, 6) is -0.659. The normalized spacial score (nSPS) is 9.31. The number of carbonyl (C=O) groups excluding carboxylic acids is 2. The average molecular weight is 282 g/mol. The molecule has 1 aromatic carbocycles. The van der Waals surface area contributed by atoms with Gasteiger partial charge in [-0.1, -0.05) is 15.9 Å². The second-order valence-electron chi connectivity index (χ2n) is 2.87. The van der Waals surface area contributed by atoms with Crippen molar-refractivity contribution in [2.75, 3.05) is 6.61 Å². The van der Waals surface area contributed by atoms with Crippen LogP contribution in [0.15, 0.2) is 16.6 Å². The molecule has 4 nitrogen and oxygen atoms in total. The fraction of sp³-hybridized carbons (Fsp3) is 0.182. The van der Waals surface area contributed by atoms with Crippen molar-refractivity contribution in [1.29, 1.82) is 5.26 Å². The summed E-state index contributed by atoms with van der Waals surface area (Å²) in [4.78, 5) is 22.4. The van der Waals surface area contributed by atoms with Gasteiger partial charge in [-0.3, -0.25) is 4.79 Å². The summed E-state index contributed by atoms with van der Waals surface area (Å²) in [6.07, 6.45) is 0.526. The van der Waals surface area contributed by atoms with Crippen LogP contribution in [-0.4, -0.2) is 18.9 Å². The summed E-state index contributed by atoms with van der Waals surface area (Å²) in [7, 11) is 0. The Kier molecular flexibility index (Phi) is 4.20. The molecule has 0 fully saturated rings. The van der Waals surface area contributed by atoms with Gasteiger partial charge in [-0.2, -0.15) is 5.26 Å². The zero-order valence-corrected chi connectivity index (χ0v) is 10.1. The molecule has 82 valence electrons. The average Bonchev–Trinajstić information content (AvgIpc) is 2.27. The van der Waals surface area contributed by atoms with Crippen LogP contribution in [0.3, 0.4) is 0 Å². The molecule has 0 N–H and O–H groups in total. The second-order valence-corrected chi connectivity index (χ2v) is 3.78. The highest BCUT2D eigenvalue weighted by molar-refractivity contribution is 9.10. The molecule has 0 atom stereocenters. The summed E-state index contributed by atoms with van der Waals surface area (Å²) >= 11 is 3.15. The van der Waals surface area contributed by atoms with E-state index < -0.39 is 5.97 Å². The van der Waals surface area contributed by atoms with Gasteiger partial charge in [-0.25, -0.2) is 4.79 Å². The number of ether oxygens (including phenoxy) is 1. The summed E-state index contributed by atoms with van der Waals surface area (Å²) < 4.78 is 5.36. The molecule has 0 aromatic heterocycles. The molecule has 0 heterocycles. The predicted molar refractivity (Wildman–Crippen MR) is 60.2 cm³/mol. The zero-order valence-electron chi connectivity index (χ0n) is 8.49. The van der Waals surface area contributed by atoms with E-state index in [2.05, 4.69) is 15.9 Å². The Morgan fingerprint density at radius 1 is 1.62 bits per heavy atom. The van der Waals surface area contributed by atoms with Crippen molar-refractivity contribution < 1.29 is 14.3 Å². The van der Waals surface area contributed by atoms with Crippen molar-refractivity contribution in [3.63, 3.8) is 0 Å². The first kappa shape index (κ1) is 12.4. The van der Waals surface area contributed by atoms with E-state index in [0.29, 0.717) is 10.8 Å². The number of nitrogens with zero attached hydrogens (tertiary/aromatic N) is 1. The van der Waals surface area contributed by atoms with Crippen LogP contribution in [0.2, 0.25) is 0 Å². The third kappa shape index (κ3) is 2.47. The monoisotopic (exact) mass is 281 g/mol. The lowest BCUT2D eigenvalue weighted by Crippen LogP contribution is -2.10. The van der Waals surface area contributed by atoms with E-state index in [1.54, 1.807) is 6.92 Å². The zero-order chi connectivity index (χ0) is 12.1. The van der Waals surface area contributed by atoms with Gasteiger partial charge in [-0.05, 0) is 19.1 Å².